The first-order chi connectivity index (χ1) is 14.8. The highest BCUT2D eigenvalue weighted by Crippen LogP contribution is 2.38. The lowest BCUT2D eigenvalue weighted by Gasteiger charge is -2.36. The Balaban J connectivity index is 0.00000512. The summed E-state index contributed by atoms with van der Waals surface area (Å²) < 4.78 is 11.0. The number of carbonyl (C=O) groups excluding carboxylic acids is 3. The van der Waals surface area contributed by atoms with Crippen LogP contribution < -0.4 is 11.5 Å². The van der Waals surface area contributed by atoms with Crippen LogP contribution in [0.1, 0.15) is 72.1 Å². The minimum Gasteiger partial charge on any atom is -0.415 e. The number of rotatable bonds is 9. The molecular formula is C23H43Cl2N3O5. The number of carbonyl (C=O) groups is 3. The van der Waals surface area contributed by atoms with E-state index in [1.165, 1.54) is 4.90 Å². The Morgan fingerprint density at radius 3 is 1.73 bits per heavy atom. The van der Waals surface area contributed by atoms with Crippen molar-refractivity contribution in [1.82, 2.24) is 4.90 Å². The maximum absolute atomic E-state index is 12.9. The summed E-state index contributed by atoms with van der Waals surface area (Å²) >= 11 is 0. The summed E-state index contributed by atoms with van der Waals surface area (Å²) in [5.74, 6) is -1.57. The normalized spacial score (nSPS) is 27.8. The smallest absolute Gasteiger partial charge is 0.326 e. The van der Waals surface area contributed by atoms with Crippen LogP contribution in [0.4, 0.5) is 0 Å². The molecule has 2 saturated carbocycles. The lowest BCUT2D eigenvalue weighted by Crippen LogP contribution is -2.45. The molecule has 194 valence electrons. The molecule has 33 heavy (non-hydrogen) atoms. The van der Waals surface area contributed by atoms with Crippen LogP contribution in [-0.2, 0) is 23.9 Å². The number of nitrogens with two attached hydrogens (primary N) is 2. The van der Waals surface area contributed by atoms with Crippen LogP contribution in [0.25, 0.3) is 0 Å². The number of likely N-dealkylation sites (N-methyl/N-ethyl adjacent to an activating group) is 1. The van der Waals surface area contributed by atoms with Crippen molar-refractivity contribution in [3.05, 3.63) is 0 Å². The van der Waals surface area contributed by atoms with E-state index in [4.69, 9.17) is 20.9 Å². The Bertz CT molecular complexity index is 617. The first-order valence-electron chi connectivity index (χ1n) is 11.9. The zero-order valence-corrected chi connectivity index (χ0v) is 21.9. The molecule has 0 aromatic heterocycles. The molecule has 0 heterocycles. The monoisotopic (exact) mass is 511 g/mol. The molecule has 2 aliphatic carbocycles. The molecule has 0 spiro atoms. The van der Waals surface area contributed by atoms with Crippen molar-refractivity contribution < 1.29 is 23.9 Å². The first kappa shape index (κ1) is 31.9. The van der Waals surface area contributed by atoms with E-state index in [2.05, 4.69) is 6.92 Å². The summed E-state index contributed by atoms with van der Waals surface area (Å²) in [5.41, 5.74) is 11.6. The van der Waals surface area contributed by atoms with E-state index >= 15 is 0 Å². The van der Waals surface area contributed by atoms with Crippen LogP contribution in [0, 0.1) is 23.2 Å². The molecule has 2 aliphatic rings. The molecule has 1 atom stereocenters. The van der Waals surface area contributed by atoms with Gasteiger partial charge in [0.1, 0.15) is 0 Å². The van der Waals surface area contributed by atoms with E-state index in [9.17, 15) is 14.4 Å². The van der Waals surface area contributed by atoms with Gasteiger partial charge in [0, 0.05) is 13.1 Å². The topological polar surface area (TPSA) is 125 Å². The summed E-state index contributed by atoms with van der Waals surface area (Å²) in [6, 6.07) is 0. The van der Waals surface area contributed by atoms with E-state index in [0.717, 1.165) is 25.7 Å². The summed E-state index contributed by atoms with van der Waals surface area (Å²) in [6.07, 6.45) is 4.58. The summed E-state index contributed by atoms with van der Waals surface area (Å²) in [5, 5.41) is 0. The van der Waals surface area contributed by atoms with Crippen molar-refractivity contribution in [2.24, 2.45) is 34.6 Å². The van der Waals surface area contributed by atoms with Gasteiger partial charge in [-0.05, 0) is 89.6 Å². The summed E-state index contributed by atoms with van der Waals surface area (Å²) in [7, 11) is 0. The molecule has 8 nitrogen and oxygen atoms in total. The quantitative estimate of drug-likeness (QED) is 0.359. The van der Waals surface area contributed by atoms with Gasteiger partial charge in [0.2, 0.25) is 0 Å². The third-order valence-electron chi connectivity index (χ3n) is 7.26. The SMILES string of the molecule is CCN(CC)C(=O)C(OC(=O)C1CCC(CN)CC1)OC(=O)C1CCC(C)(CN)CC1.Cl.Cl. The summed E-state index contributed by atoms with van der Waals surface area (Å²) in [6.45, 7) is 7.90. The van der Waals surface area contributed by atoms with Crippen molar-refractivity contribution in [2.75, 3.05) is 26.2 Å². The fourth-order valence-corrected chi connectivity index (χ4v) is 4.60. The highest BCUT2D eigenvalue weighted by Gasteiger charge is 2.38. The van der Waals surface area contributed by atoms with Crippen LogP contribution in [0.5, 0.6) is 0 Å². The van der Waals surface area contributed by atoms with Gasteiger partial charge in [0.15, 0.2) is 0 Å². The lowest BCUT2D eigenvalue weighted by atomic mass is 9.72. The first-order valence-corrected chi connectivity index (χ1v) is 11.9. The number of nitrogens with zero attached hydrogens (tertiary/aromatic N) is 1. The third-order valence-corrected chi connectivity index (χ3v) is 7.26. The Morgan fingerprint density at radius 2 is 1.33 bits per heavy atom. The molecule has 10 heteroatoms. The maximum atomic E-state index is 12.9. The number of halogens is 2. The second-order valence-electron chi connectivity index (χ2n) is 9.46. The van der Waals surface area contributed by atoms with E-state index < -0.39 is 24.1 Å². The highest BCUT2D eigenvalue weighted by molar-refractivity contribution is 5.86. The van der Waals surface area contributed by atoms with Crippen molar-refractivity contribution in [1.29, 1.82) is 0 Å². The lowest BCUT2D eigenvalue weighted by molar-refractivity contribution is -0.203. The Hall–Kier alpha value is -1.09. The van der Waals surface area contributed by atoms with Gasteiger partial charge in [-0.1, -0.05) is 6.92 Å². The number of hydrogen-bond donors (Lipinski definition) is 2. The average Bonchev–Trinajstić information content (AvgIpc) is 2.79. The predicted molar refractivity (Wildman–Crippen MR) is 132 cm³/mol. The largest absolute Gasteiger partial charge is 0.415 e. The predicted octanol–water partition coefficient (Wildman–Crippen LogP) is 3.03. The second kappa shape index (κ2) is 15.0. The van der Waals surface area contributed by atoms with Crippen molar-refractivity contribution in [3.63, 3.8) is 0 Å². The van der Waals surface area contributed by atoms with Gasteiger partial charge in [0.05, 0.1) is 11.8 Å². The standard InChI is InChI=1S/C23H41N3O5.2ClH/c1-4-26(5-2)19(27)22(30-20(28)17-8-6-16(14-24)7-9-17)31-21(29)18-10-12-23(3,15-25)13-11-18;;/h16-18,22H,4-15,24-25H2,1-3H3;2*1H. The zero-order chi connectivity index (χ0) is 23.0. The number of hydrogen-bond acceptors (Lipinski definition) is 7. The molecule has 1 amide bonds. The molecule has 0 bridgehead atoms. The van der Waals surface area contributed by atoms with Crippen LogP contribution in [0.3, 0.4) is 0 Å². The van der Waals surface area contributed by atoms with Gasteiger partial charge in [-0.2, -0.15) is 0 Å². The molecule has 2 fully saturated rings. The van der Waals surface area contributed by atoms with Crippen LogP contribution in [-0.4, -0.2) is 55.2 Å². The average molecular weight is 513 g/mol. The van der Waals surface area contributed by atoms with Crippen LogP contribution in [0.2, 0.25) is 0 Å². The number of amides is 1. The Morgan fingerprint density at radius 1 is 0.879 bits per heavy atom. The van der Waals surface area contributed by atoms with Gasteiger partial charge in [0.25, 0.3) is 0 Å². The second-order valence-corrected chi connectivity index (χ2v) is 9.46. The van der Waals surface area contributed by atoms with E-state index in [-0.39, 0.29) is 42.1 Å². The number of ether oxygens (including phenoxy) is 2. The molecule has 4 N–H and O–H groups in total. The van der Waals surface area contributed by atoms with Gasteiger partial charge < -0.3 is 25.8 Å². The van der Waals surface area contributed by atoms with E-state index in [1.54, 1.807) is 0 Å². The minimum absolute atomic E-state index is 0. The fraction of sp³-hybridized carbons (Fsp3) is 0.870. The summed E-state index contributed by atoms with van der Waals surface area (Å²) in [4.78, 5) is 40.0. The van der Waals surface area contributed by atoms with Gasteiger partial charge in [-0.3, -0.25) is 14.4 Å². The van der Waals surface area contributed by atoms with Crippen molar-refractivity contribution >= 4 is 42.7 Å². The number of esters is 2. The molecule has 0 saturated heterocycles. The Kier molecular flexibility index (Phi) is 14.5. The molecule has 0 aromatic rings. The van der Waals surface area contributed by atoms with Crippen LogP contribution >= 0.6 is 24.8 Å². The van der Waals surface area contributed by atoms with Crippen LogP contribution in [0.15, 0.2) is 0 Å². The van der Waals surface area contributed by atoms with E-state index in [1.807, 2.05) is 13.8 Å². The minimum atomic E-state index is -1.52. The molecule has 0 aliphatic heterocycles. The molecular weight excluding hydrogens is 469 g/mol. The van der Waals surface area contributed by atoms with E-state index in [0.29, 0.717) is 57.8 Å². The Labute approximate surface area is 210 Å². The van der Waals surface area contributed by atoms with Crippen molar-refractivity contribution in [3.8, 4) is 0 Å². The van der Waals surface area contributed by atoms with Gasteiger partial charge in [-0.25, -0.2) is 0 Å². The van der Waals surface area contributed by atoms with Gasteiger partial charge >= 0.3 is 24.1 Å². The van der Waals surface area contributed by atoms with Crippen molar-refractivity contribution in [2.45, 2.75) is 78.4 Å². The third kappa shape index (κ3) is 8.89. The molecule has 0 aromatic carbocycles. The highest BCUT2D eigenvalue weighted by atomic mass is 35.5. The van der Waals surface area contributed by atoms with Gasteiger partial charge in [-0.15, -0.1) is 24.8 Å². The molecule has 2 rings (SSSR count). The maximum Gasteiger partial charge on any atom is 0.326 e. The molecule has 0 radical (unpaired) electrons. The fourth-order valence-electron chi connectivity index (χ4n) is 4.60. The zero-order valence-electron chi connectivity index (χ0n) is 20.3. The molecule has 1 unspecified atom stereocenters.